The number of thiophene rings is 1. The van der Waals surface area contributed by atoms with Crippen molar-refractivity contribution in [2.24, 2.45) is 0 Å². The summed E-state index contributed by atoms with van der Waals surface area (Å²) >= 11 is 4.20. The van der Waals surface area contributed by atoms with Crippen LogP contribution in [0.1, 0.15) is 5.69 Å². The first kappa shape index (κ1) is 11.5. The third-order valence-corrected chi connectivity index (χ3v) is 3.01. The number of nitrogens with zero attached hydrogens (tertiary/aromatic N) is 2. The summed E-state index contributed by atoms with van der Waals surface area (Å²) in [5.41, 5.74) is -0.679. The molecule has 84 valence electrons. The summed E-state index contributed by atoms with van der Waals surface area (Å²) < 4.78 is 37.4. The van der Waals surface area contributed by atoms with Crippen LogP contribution in [0.3, 0.4) is 0 Å². The lowest BCUT2D eigenvalue weighted by molar-refractivity contribution is -0.141. The molecular weight excluding hydrogens is 305 g/mol. The predicted octanol–water partition coefficient (Wildman–Crippen LogP) is 3.99. The fourth-order valence-corrected chi connectivity index (χ4v) is 2.18. The first-order valence-corrected chi connectivity index (χ1v) is 5.80. The van der Waals surface area contributed by atoms with Crippen molar-refractivity contribution in [2.45, 2.75) is 6.18 Å². The van der Waals surface area contributed by atoms with Gasteiger partial charge in [0.15, 0.2) is 4.73 Å². The molecule has 0 saturated carbocycles. The number of alkyl halides is 3. The van der Waals surface area contributed by atoms with Crippen molar-refractivity contribution in [3.63, 3.8) is 0 Å². The largest absolute Gasteiger partial charge is 0.433 e. The van der Waals surface area contributed by atoms with Gasteiger partial charge in [0, 0.05) is 0 Å². The van der Waals surface area contributed by atoms with E-state index in [4.69, 9.17) is 0 Å². The number of aromatic nitrogens is 2. The van der Waals surface area contributed by atoms with Gasteiger partial charge < -0.3 is 0 Å². The minimum Gasteiger partial charge on any atom is -0.221 e. The highest BCUT2D eigenvalue weighted by atomic mass is 79.9. The number of rotatable bonds is 1. The van der Waals surface area contributed by atoms with Crippen molar-refractivity contribution >= 4 is 27.3 Å². The minimum absolute atomic E-state index is 0.0641. The molecule has 0 aromatic carbocycles. The van der Waals surface area contributed by atoms with Crippen LogP contribution in [0.5, 0.6) is 0 Å². The number of halogens is 4. The molecule has 0 aliphatic heterocycles. The first-order valence-electron chi connectivity index (χ1n) is 4.12. The molecule has 0 aliphatic carbocycles. The summed E-state index contributed by atoms with van der Waals surface area (Å²) in [5.74, 6) is 0. The monoisotopic (exact) mass is 308 g/mol. The van der Waals surface area contributed by atoms with Crippen LogP contribution in [-0.2, 0) is 6.18 Å². The highest BCUT2D eigenvalue weighted by Gasteiger charge is 2.33. The zero-order valence-corrected chi connectivity index (χ0v) is 10.0. The summed E-state index contributed by atoms with van der Waals surface area (Å²) in [5, 5.41) is 1.78. The lowest BCUT2D eigenvalue weighted by atomic mass is 10.3. The van der Waals surface area contributed by atoms with Gasteiger partial charge in [-0.3, -0.25) is 0 Å². The molecule has 0 spiro atoms. The van der Waals surface area contributed by atoms with Gasteiger partial charge in [0.05, 0.1) is 10.6 Å². The molecule has 2 nitrogen and oxygen atoms in total. The molecule has 0 amide bonds. The van der Waals surface area contributed by atoms with Crippen LogP contribution >= 0.6 is 27.3 Å². The zero-order valence-electron chi connectivity index (χ0n) is 7.62. The maximum absolute atomic E-state index is 12.5. The third kappa shape index (κ3) is 2.41. The molecule has 7 heteroatoms. The number of hydrogen-bond donors (Lipinski definition) is 0. The van der Waals surface area contributed by atoms with Gasteiger partial charge >= 0.3 is 6.18 Å². The average Bonchev–Trinajstić information content (AvgIpc) is 2.68. The molecule has 2 aromatic heterocycles. The normalized spacial score (nSPS) is 11.8. The van der Waals surface area contributed by atoms with Crippen LogP contribution in [0.15, 0.2) is 28.3 Å². The highest BCUT2D eigenvalue weighted by Crippen LogP contribution is 2.32. The van der Waals surface area contributed by atoms with Gasteiger partial charge in [-0.05, 0) is 33.4 Å². The Morgan fingerprint density at radius 3 is 2.56 bits per heavy atom. The van der Waals surface area contributed by atoms with Crippen molar-refractivity contribution in [1.29, 1.82) is 0 Å². The minimum atomic E-state index is -4.46. The van der Waals surface area contributed by atoms with Gasteiger partial charge in [-0.2, -0.15) is 13.2 Å². The molecule has 2 aromatic rings. The quantitative estimate of drug-likeness (QED) is 0.745. The van der Waals surface area contributed by atoms with E-state index in [9.17, 15) is 13.2 Å². The van der Waals surface area contributed by atoms with E-state index in [-0.39, 0.29) is 10.4 Å². The van der Waals surface area contributed by atoms with Gasteiger partial charge in [-0.15, -0.1) is 11.3 Å². The van der Waals surface area contributed by atoms with Gasteiger partial charge in [0.25, 0.3) is 0 Å². The molecule has 0 aliphatic rings. The standard InChI is InChI=1S/C9H4BrF3N2S/c10-8-14-5(6-2-1-3-16-6)4-7(15-8)9(11,12)13/h1-4H. The van der Waals surface area contributed by atoms with Crippen molar-refractivity contribution in [2.75, 3.05) is 0 Å². The van der Waals surface area contributed by atoms with Gasteiger partial charge in [0.1, 0.15) is 5.69 Å². The molecule has 0 bridgehead atoms. The summed E-state index contributed by atoms with van der Waals surface area (Å²) in [7, 11) is 0. The van der Waals surface area contributed by atoms with E-state index in [0.29, 0.717) is 4.88 Å². The smallest absolute Gasteiger partial charge is 0.221 e. The second-order valence-corrected chi connectivity index (χ2v) is 4.54. The highest BCUT2D eigenvalue weighted by molar-refractivity contribution is 9.10. The van der Waals surface area contributed by atoms with E-state index < -0.39 is 11.9 Å². The molecule has 16 heavy (non-hydrogen) atoms. The first-order chi connectivity index (χ1) is 7.47. The predicted molar refractivity (Wildman–Crippen MR) is 58.0 cm³/mol. The van der Waals surface area contributed by atoms with E-state index in [2.05, 4.69) is 25.9 Å². The molecule has 0 radical (unpaired) electrons. The van der Waals surface area contributed by atoms with E-state index >= 15 is 0 Å². The fourth-order valence-electron chi connectivity index (χ4n) is 1.11. The Morgan fingerprint density at radius 1 is 1.25 bits per heavy atom. The maximum atomic E-state index is 12.5. The Kier molecular flexibility index (Phi) is 2.98. The van der Waals surface area contributed by atoms with Crippen LogP contribution in [0.25, 0.3) is 10.6 Å². The average molecular weight is 309 g/mol. The SMILES string of the molecule is FC(F)(F)c1cc(-c2cccs2)nc(Br)n1. The Labute approximate surface area is 101 Å². The van der Waals surface area contributed by atoms with Crippen LogP contribution in [0, 0.1) is 0 Å². The number of hydrogen-bond acceptors (Lipinski definition) is 3. The Bertz CT molecular complexity index is 496. The Morgan fingerprint density at radius 2 is 2.00 bits per heavy atom. The van der Waals surface area contributed by atoms with Crippen molar-refractivity contribution in [3.8, 4) is 10.6 Å². The van der Waals surface area contributed by atoms with Gasteiger partial charge in [0.2, 0.25) is 0 Å². The Hall–Kier alpha value is -0.950. The molecule has 2 heterocycles. The van der Waals surface area contributed by atoms with Crippen molar-refractivity contribution in [1.82, 2.24) is 9.97 Å². The van der Waals surface area contributed by atoms with E-state index in [1.165, 1.54) is 11.3 Å². The van der Waals surface area contributed by atoms with Gasteiger partial charge in [-0.1, -0.05) is 6.07 Å². The fraction of sp³-hybridized carbons (Fsp3) is 0.111. The Balaban J connectivity index is 2.53. The van der Waals surface area contributed by atoms with E-state index in [0.717, 1.165) is 6.07 Å². The molecule has 0 atom stereocenters. The molecule has 0 N–H and O–H groups in total. The van der Waals surface area contributed by atoms with Crippen molar-refractivity contribution in [3.05, 3.63) is 34.0 Å². The zero-order chi connectivity index (χ0) is 11.8. The third-order valence-electron chi connectivity index (χ3n) is 1.76. The summed E-state index contributed by atoms with van der Waals surface area (Å²) in [6, 6.07) is 4.40. The summed E-state index contributed by atoms with van der Waals surface area (Å²) in [6.45, 7) is 0. The van der Waals surface area contributed by atoms with Gasteiger partial charge in [-0.25, -0.2) is 9.97 Å². The lowest BCUT2D eigenvalue weighted by Gasteiger charge is -2.07. The van der Waals surface area contributed by atoms with E-state index in [1.807, 2.05) is 0 Å². The van der Waals surface area contributed by atoms with Crippen LogP contribution in [0.2, 0.25) is 0 Å². The molecule has 2 rings (SSSR count). The second kappa shape index (κ2) is 4.14. The van der Waals surface area contributed by atoms with Crippen molar-refractivity contribution < 1.29 is 13.2 Å². The lowest BCUT2D eigenvalue weighted by Crippen LogP contribution is -2.09. The van der Waals surface area contributed by atoms with Crippen LogP contribution in [0.4, 0.5) is 13.2 Å². The topological polar surface area (TPSA) is 25.8 Å². The summed E-state index contributed by atoms with van der Waals surface area (Å²) in [4.78, 5) is 7.88. The second-order valence-electron chi connectivity index (χ2n) is 2.88. The maximum Gasteiger partial charge on any atom is 0.433 e. The molecular formula is C9H4BrF3N2S. The molecule has 0 saturated heterocycles. The molecule has 0 fully saturated rings. The van der Waals surface area contributed by atoms with E-state index in [1.54, 1.807) is 17.5 Å². The van der Waals surface area contributed by atoms with Crippen LogP contribution in [-0.4, -0.2) is 9.97 Å². The summed E-state index contributed by atoms with van der Waals surface area (Å²) in [6.07, 6.45) is -4.46. The molecule has 0 unspecified atom stereocenters. The van der Waals surface area contributed by atoms with Crippen LogP contribution < -0.4 is 0 Å².